The molecule has 4 nitrogen and oxygen atoms in total. The topological polar surface area (TPSA) is 44.1 Å². The largest absolute Gasteiger partial charge is 0.493 e. The standard InChI is InChI=1S/C15H15IN2O2/c1-10-17-9-13(16)15(19)18(10)6-4-11-2-3-14-12(8-11)5-7-20-14/h2-3,8-9H,4-7H2,1H3. The minimum Gasteiger partial charge on any atom is -0.493 e. The molecular formula is C15H15IN2O2. The third-order valence-corrected chi connectivity index (χ3v) is 4.32. The lowest BCUT2D eigenvalue weighted by atomic mass is 10.1. The van der Waals surface area contributed by atoms with Crippen molar-refractivity contribution in [3.8, 4) is 5.75 Å². The summed E-state index contributed by atoms with van der Waals surface area (Å²) in [6.07, 6.45) is 3.43. The van der Waals surface area contributed by atoms with E-state index in [0.717, 1.165) is 31.0 Å². The minimum absolute atomic E-state index is 0.0441. The quantitative estimate of drug-likeness (QED) is 0.766. The first kappa shape index (κ1) is 13.6. The van der Waals surface area contributed by atoms with Gasteiger partial charge in [0.25, 0.3) is 5.56 Å². The third-order valence-electron chi connectivity index (χ3n) is 3.58. The van der Waals surface area contributed by atoms with E-state index in [1.807, 2.05) is 35.6 Å². The van der Waals surface area contributed by atoms with Crippen molar-refractivity contribution in [1.29, 1.82) is 0 Å². The lowest BCUT2D eigenvalue weighted by molar-refractivity contribution is 0.357. The molecule has 2 aromatic rings. The Morgan fingerprint density at radius 3 is 3.15 bits per heavy atom. The second-order valence-corrected chi connectivity index (χ2v) is 6.06. The Morgan fingerprint density at radius 1 is 1.45 bits per heavy atom. The SMILES string of the molecule is Cc1ncc(I)c(=O)n1CCc1ccc2c(c1)CCO2. The van der Waals surface area contributed by atoms with Gasteiger partial charge in [0.2, 0.25) is 0 Å². The van der Waals surface area contributed by atoms with Gasteiger partial charge in [-0.2, -0.15) is 0 Å². The monoisotopic (exact) mass is 382 g/mol. The predicted octanol–water partition coefficient (Wildman–Crippen LogP) is 2.33. The molecule has 1 aliphatic rings. The van der Waals surface area contributed by atoms with Gasteiger partial charge in [0.05, 0.1) is 10.2 Å². The average molecular weight is 382 g/mol. The van der Waals surface area contributed by atoms with E-state index in [0.29, 0.717) is 10.1 Å². The molecule has 0 aliphatic carbocycles. The fraction of sp³-hybridized carbons (Fsp3) is 0.333. The van der Waals surface area contributed by atoms with Crippen LogP contribution in [-0.4, -0.2) is 16.2 Å². The van der Waals surface area contributed by atoms with E-state index in [9.17, 15) is 4.79 Å². The summed E-state index contributed by atoms with van der Waals surface area (Å²) in [4.78, 5) is 16.3. The molecule has 0 fully saturated rings. The van der Waals surface area contributed by atoms with Crippen molar-refractivity contribution < 1.29 is 4.74 Å². The zero-order valence-electron chi connectivity index (χ0n) is 11.2. The van der Waals surface area contributed by atoms with Crippen molar-refractivity contribution in [2.75, 3.05) is 6.61 Å². The predicted molar refractivity (Wildman–Crippen MR) is 85.3 cm³/mol. The number of hydrogen-bond acceptors (Lipinski definition) is 3. The Balaban J connectivity index is 1.80. The van der Waals surface area contributed by atoms with E-state index in [-0.39, 0.29) is 5.56 Å². The van der Waals surface area contributed by atoms with Gasteiger partial charge >= 0.3 is 0 Å². The minimum atomic E-state index is 0.0441. The summed E-state index contributed by atoms with van der Waals surface area (Å²) in [6.45, 7) is 3.31. The highest BCUT2D eigenvalue weighted by Crippen LogP contribution is 2.26. The lowest BCUT2D eigenvalue weighted by Gasteiger charge is -2.10. The van der Waals surface area contributed by atoms with E-state index in [2.05, 4.69) is 17.1 Å². The van der Waals surface area contributed by atoms with Gasteiger partial charge in [-0.1, -0.05) is 12.1 Å². The smallest absolute Gasteiger partial charge is 0.266 e. The maximum absolute atomic E-state index is 12.1. The van der Waals surface area contributed by atoms with Gasteiger partial charge in [0, 0.05) is 19.2 Å². The Labute approximate surface area is 130 Å². The van der Waals surface area contributed by atoms with E-state index in [4.69, 9.17) is 4.74 Å². The summed E-state index contributed by atoms with van der Waals surface area (Å²) in [6, 6.07) is 6.29. The number of aromatic nitrogens is 2. The molecule has 0 N–H and O–H groups in total. The molecule has 0 spiro atoms. The summed E-state index contributed by atoms with van der Waals surface area (Å²) in [5.74, 6) is 1.76. The summed E-state index contributed by atoms with van der Waals surface area (Å²) in [7, 11) is 0. The molecule has 0 saturated heterocycles. The molecule has 104 valence electrons. The van der Waals surface area contributed by atoms with Crippen molar-refractivity contribution in [1.82, 2.24) is 9.55 Å². The number of ether oxygens (including phenoxy) is 1. The zero-order chi connectivity index (χ0) is 14.1. The molecule has 0 atom stereocenters. The summed E-state index contributed by atoms with van der Waals surface area (Å²) in [5, 5.41) is 0. The van der Waals surface area contributed by atoms with Gasteiger partial charge in [-0.05, 0) is 53.1 Å². The summed E-state index contributed by atoms with van der Waals surface area (Å²) >= 11 is 2.03. The van der Waals surface area contributed by atoms with Crippen LogP contribution in [0, 0.1) is 10.5 Å². The molecule has 20 heavy (non-hydrogen) atoms. The molecule has 0 saturated carbocycles. The van der Waals surface area contributed by atoms with E-state index >= 15 is 0 Å². The van der Waals surface area contributed by atoms with E-state index in [1.165, 1.54) is 11.1 Å². The maximum Gasteiger partial charge on any atom is 0.266 e. The number of hydrogen-bond donors (Lipinski definition) is 0. The van der Waals surface area contributed by atoms with Crippen LogP contribution >= 0.6 is 22.6 Å². The first-order valence-corrected chi connectivity index (χ1v) is 7.69. The van der Waals surface area contributed by atoms with Crippen LogP contribution in [0.5, 0.6) is 5.75 Å². The Morgan fingerprint density at radius 2 is 2.30 bits per heavy atom. The fourth-order valence-corrected chi connectivity index (χ4v) is 2.88. The van der Waals surface area contributed by atoms with Gasteiger partial charge in [-0.3, -0.25) is 9.36 Å². The van der Waals surface area contributed by atoms with Crippen LogP contribution in [0.2, 0.25) is 0 Å². The molecule has 0 unspecified atom stereocenters. The normalized spacial score (nSPS) is 13.1. The highest BCUT2D eigenvalue weighted by atomic mass is 127. The van der Waals surface area contributed by atoms with Crippen LogP contribution in [0.15, 0.2) is 29.2 Å². The van der Waals surface area contributed by atoms with E-state index in [1.54, 1.807) is 10.8 Å². The Hall–Kier alpha value is -1.37. The molecule has 2 heterocycles. The Bertz CT molecular complexity index is 710. The van der Waals surface area contributed by atoms with Crippen molar-refractivity contribution in [3.05, 3.63) is 55.3 Å². The molecular weight excluding hydrogens is 367 g/mol. The first-order chi connectivity index (χ1) is 9.65. The second kappa shape index (κ2) is 5.55. The number of benzene rings is 1. The lowest BCUT2D eigenvalue weighted by Crippen LogP contribution is -2.26. The van der Waals surface area contributed by atoms with Crippen LogP contribution in [-0.2, 0) is 19.4 Å². The number of fused-ring (bicyclic) bond motifs is 1. The van der Waals surface area contributed by atoms with Gasteiger partial charge in [0.15, 0.2) is 0 Å². The van der Waals surface area contributed by atoms with Crippen LogP contribution in [0.3, 0.4) is 0 Å². The van der Waals surface area contributed by atoms with Gasteiger partial charge in [0.1, 0.15) is 11.6 Å². The van der Waals surface area contributed by atoms with Gasteiger partial charge < -0.3 is 4.74 Å². The summed E-state index contributed by atoms with van der Waals surface area (Å²) in [5.41, 5.74) is 2.55. The van der Waals surface area contributed by atoms with Gasteiger partial charge in [-0.15, -0.1) is 0 Å². The maximum atomic E-state index is 12.1. The third kappa shape index (κ3) is 2.59. The first-order valence-electron chi connectivity index (χ1n) is 6.61. The van der Waals surface area contributed by atoms with Crippen molar-refractivity contribution in [3.63, 3.8) is 0 Å². The van der Waals surface area contributed by atoms with Crippen LogP contribution < -0.4 is 10.3 Å². The second-order valence-electron chi connectivity index (χ2n) is 4.90. The Kier molecular flexibility index (Phi) is 3.78. The molecule has 0 bridgehead atoms. The molecule has 5 heteroatoms. The molecule has 1 aromatic carbocycles. The van der Waals surface area contributed by atoms with Gasteiger partial charge in [-0.25, -0.2) is 4.98 Å². The van der Waals surface area contributed by atoms with E-state index < -0.39 is 0 Å². The van der Waals surface area contributed by atoms with Crippen molar-refractivity contribution in [2.24, 2.45) is 0 Å². The molecule has 0 amide bonds. The molecule has 0 radical (unpaired) electrons. The van der Waals surface area contributed by atoms with Crippen molar-refractivity contribution >= 4 is 22.6 Å². The van der Waals surface area contributed by atoms with Crippen LogP contribution in [0.25, 0.3) is 0 Å². The molecule has 3 rings (SSSR count). The molecule has 1 aromatic heterocycles. The summed E-state index contributed by atoms with van der Waals surface area (Å²) < 4.78 is 7.91. The number of halogens is 1. The molecule has 1 aliphatic heterocycles. The highest BCUT2D eigenvalue weighted by molar-refractivity contribution is 14.1. The number of nitrogens with zero attached hydrogens (tertiary/aromatic N) is 2. The number of rotatable bonds is 3. The zero-order valence-corrected chi connectivity index (χ0v) is 13.4. The van der Waals surface area contributed by atoms with Crippen LogP contribution in [0.1, 0.15) is 17.0 Å². The fourth-order valence-electron chi connectivity index (χ4n) is 2.45. The van der Waals surface area contributed by atoms with Crippen LogP contribution in [0.4, 0.5) is 0 Å². The highest BCUT2D eigenvalue weighted by Gasteiger charge is 2.12. The average Bonchev–Trinajstić information content (AvgIpc) is 2.90. The van der Waals surface area contributed by atoms with Crippen molar-refractivity contribution in [2.45, 2.75) is 26.3 Å². The number of aryl methyl sites for hydroxylation is 2.